The van der Waals surface area contributed by atoms with Gasteiger partial charge >= 0.3 is 0 Å². The number of nitrogens with zero attached hydrogens (tertiary/aromatic N) is 1. The second kappa shape index (κ2) is 11.3. The molecule has 0 unspecified atom stereocenters. The van der Waals surface area contributed by atoms with E-state index in [-0.39, 0.29) is 18.3 Å². The molecule has 0 aliphatic carbocycles. The molecule has 3 heterocycles. The van der Waals surface area contributed by atoms with Gasteiger partial charge in [0, 0.05) is 43.4 Å². The molecule has 0 saturated carbocycles. The first-order chi connectivity index (χ1) is 17.4. The third kappa shape index (κ3) is 5.21. The van der Waals surface area contributed by atoms with Gasteiger partial charge in [-0.15, -0.1) is 0 Å². The zero-order chi connectivity index (χ0) is 25.7. The lowest BCUT2D eigenvalue weighted by Gasteiger charge is -2.17. The zero-order valence-corrected chi connectivity index (χ0v) is 20.7. The van der Waals surface area contributed by atoms with E-state index in [1.807, 2.05) is 19.9 Å². The molecule has 4 N–H and O–H groups in total. The van der Waals surface area contributed by atoms with E-state index in [9.17, 15) is 14.3 Å². The molecule has 0 fully saturated rings. The number of nitrogens with one attached hydrogen (secondary N) is 3. The highest BCUT2D eigenvalue weighted by molar-refractivity contribution is 6.06. The van der Waals surface area contributed by atoms with Crippen LogP contribution in [0.4, 0.5) is 15.8 Å². The molecule has 0 saturated heterocycles. The summed E-state index contributed by atoms with van der Waals surface area (Å²) in [5, 5.41) is 15.3. The summed E-state index contributed by atoms with van der Waals surface area (Å²) in [6.07, 6.45) is 5.27. The highest BCUT2D eigenvalue weighted by Crippen LogP contribution is 2.42. The minimum absolute atomic E-state index is 0.0568. The Kier molecular flexibility index (Phi) is 7.90. The summed E-state index contributed by atoms with van der Waals surface area (Å²) in [4.78, 5) is 20.5. The molecule has 36 heavy (non-hydrogen) atoms. The number of para-hydroxylation sites is 1. The second-order valence-corrected chi connectivity index (χ2v) is 8.68. The van der Waals surface area contributed by atoms with Crippen molar-refractivity contribution in [2.75, 3.05) is 32.2 Å². The maximum absolute atomic E-state index is 14.4. The maximum atomic E-state index is 14.4. The average Bonchev–Trinajstić information content (AvgIpc) is 3.24. The summed E-state index contributed by atoms with van der Waals surface area (Å²) < 4.78 is 25.8. The summed E-state index contributed by atoms with van der Waals surface area (Å²) >= 11 is 0. The average molecular weight is 495 g/mol. The van der Waals surface area contributed by atoms with Gasteiger partial charge in [-0.05, 0) is 38.5 Å². The number of rotatable bonds is 10. The van der Waals surface area contributed by atoms with Crippen molar-refractivity contribution < 1.29 is 23.8 Å². The summed E-state index contributed by atoms with van der Waals surface area (Å²) in [7, 11) is 1.40. The molecule has 8 nitrogen and oxygen atoms in total. The van der Waals surface area contributed by atoms with Gasteiger partial charge < -0.3 is 30.2 Å². The number of aliphatic hydroxyl groups is 1. The third-order valence-electron chi connectivity index (χ3n) is 6.40. The predicted octanol–water partition coefficient (Wildman–Crippen LogP) is 4.74. The molecular weight excluding hydrogens is 463 g/mol. The number of ether oxygens (including phenoxy) is 2. The highest BCUT2D eigenvalue weighted by atomic mass is 19.1. The topological polar surface area (TPSA) is 108 Å². The number of fused-ring (bicyclic) bond motifs is 1. The van der Waals surface area contributed by atoms with Crippen LogP contribution < -0.4 is 20.1 Å². The summed E-state index contributed by atoms with van der Waals surface area (Å²) in [6.45, 7) is 5.11. The number of carbonyl (C=O) groups is 1. The Balaban J connectivity index is 1.72. The lowest BCUT2D eigenvalue weighted by Crippen LogP contribution is -2.31. The van der Waals surface area contributed by atoms with Crippen molar-refractivity contribution in [1.82, 2.24) is 15.3 Å². The number of halogens is 1. The monoisotopic (exact) mass is 494 g/mol. The molecule has 1 amide bonds. The minimum atomic E-state index is -0.509. The normalized spacial score (nSPS) is 13.5. The number of aromatic amines is 1. The van der Waals surface area contributed by atoms with Crippen molar-refractivity contribution in [1.29, 1.82) is 0 Å². The Hall–Kier alpha value is -3.85. The standard InChI is InChI=1S/C27H31FN4O4/c1-16(9-13-33)17(2)10-14-36-22-15-29-11-7-18(22)24-25(23-20(31-24)8-12-30-27(23)34)32-21-6-4-5-19(28)26(21)35-3/h4-7,11,15,31-33H,8-10,12-14H2,1-3H3,(H,30,34)/b17-16+. The maximum Gasteiger partial charge on any atom is 0.255 e. The van der Waals surface area contributed by atoms with Crippen molar-refractivity contribution in [3.63, 3.8) is 0 Å². The molecule has 2 aromatic heterocycles. The van der Waals surface area contributed by atoms with Crippen LogP contribution in [0.3, 0.4) is 0 Å². The fourth-order valence-corrected chi connectivity index (χ4v) is 4.27. The van der Waals surface area contributed by atoms with Crippen LogP contribution in [-0.4, -0.2) is 47.8 Å². The summed E-state index contributed by atoms with van der Waals surface area (Å²) in [5.74, 6) is -0.112. The van der Waals surface area contributed by atoms with Crippen LogP contribution in [0.1, 0.15) is 42.7 Å². The van der Waals surface area contributed by atoms with E-state index in [4.69, 9.17) is 9.47 Å². The van der Waals surface area contributed by atoms with Gasteiger partial charge in [-0.25, -0.2) is 4.39 Å². The quantitative estimate of drug-likeness (QED) is 0.303. The van der Waals surface area contributed by atoms with Gasteiger partial charge in [-0.1, -0.05) is 17.2 Å². The molecule has 1 aliphatic heterocycles. The Morgan fingerprint density at radius 1 is 1.22 bits per heavy atom. The lowest BCUT2D eigenvalue weighted by atomic mass is 10.0. The van der Waals surface area contributed by atoms with Gasteiger partial charge in [0.1, 0.15) is 5.75 Å². The van der Waals surface area contributed by atoms with E-state index in [2.05, 4.69) is 20.6 Å². The molecular formula is C27H31FN4O4. The number of hydrogen-bond acceptors (Lipinski definition) is 6. The Morgan fingerprint density at radius 3 is 2.81 bits per heavy atom. The molecule has 9 heteroatoms. The second-order valence-electron chi connectivity index (χ2n) is 8.68. The van der Waals surface area contributed by atoms with Crippen molar-refractivity contribution in [2.45, 2.75) is 33.1 Å². The van der Waals surface area contributed by atoms with Crippen LogP contribution in [0.25, 0.3) is 11.3 Å². The fourth-order valence-electron chi connectivity index (χ4n) is 4.27. The third-order valence-corrected chi connectivity index (χ3v) is 6.40. The largest absolute Gasteiger partial charge is 0.492 e. The van der Waals surface area contributed by atoms with Crippen LogP contribution in [0.2, 0.25) is 0 Å². The van der Waals surface area contributed by atoms with Crippen LogP contribution in [-0.2, 0) is 6.42 Å². The Labute approximate surface area is 209 Å². The van der Waals surface area contributed by atoms with Gasteiger partial charge in [0.15, 0.2) is 11.6 Å². The van der Waals surface area contributed by atoms with E-state index in [1.54, 1.807) is 24.5 Å². The highest BCUT2D eigenvalue weighted by Gasteiger charge is 2.29. The predicted molar refractivity (Wildman–Crippen MR) is 136 cm³/mol. The molecule has 0 radical (unpaired) electrons. The van der Waals surface area contributed by atoms with Crippen LogP contribution >= 0.6 is 0 Å². The van der Waals surface area contributed by atoms with Gasteiger partial charge in [0.25, 0.3) is 5.91 Å². The van der Waals surface area contributed by atoms with Gasteiger partial charge in [-0.3, -0.25) is 9.78 Å². The number of hydrogen-bond donors (Lipinski definition) is 4. The van der Waals surface area contributed by atoms with E-state index in [0.29, 0.717) is 60.8 Å². The van der Waals surface area contributed by atoms with Gasteiger partial charge in [-0.2, -0.15) is 0 Å². The number of H-pyrrole nitrogens is 1. The number of aromatic nitrogens is 2. The SMILES string of the molecule is COc1c(F)cccc1Nc1c(-c2ccncc2OCC/C(C)=C(\C)CCO)[nH]c2c1C(=O)NCC2. The number of amides is 1. The van der Waals surface area contributed by atoms with Crippen molar-refractivity contribution in [3.8, 4) is 22.8 Å². The number of methoxy groups -OCH3 is 1. The minimum Gasteiger partial charge on any atom is -0.492 e. The number of anilines is 2. The molecule has 4 rings (SSSR count). The number of carbonyl (C=O) groups excluding carboxylic acids is 1. The van der Waals surface area contributed by atoms with Gasteiger partial charge in [0.05, 0.1) is 42.5 Å². The Bertz CT molecular complexity index is 1280. The number of pyridine rings is 1. The fraction of sp³-hybridized carbons (Fsp3) is 0.333. The molecule has 3 aromatic rings. The lowest BCUT2D eigenvalue weighted by molar-refractivity contribution is 0.0947. The molecule has 190 valence electrons. The van der Waals surface area contributed by atoms with E-state index >= 15 is 0 Å². The van der Waals surface area contributed by atoms with E-state index in [0.717, 1.165) is 16.8 Å². The Morgan fingerprint density at radius 2 is 2.03 bits per heavy atom. The van der Waals surface area contributed by atoms with Crippen LogP contribution in [0.5, 0.6) is 11.5 Å². The smallest absolute Gasteiger partial charge is 0.255 e. The molecule has 1 aromatic carbocycles. The molecule has 0 bridgehead atoms. The van der Waals surface area contributed by atoms with Crippen molar-refractivity contribution in [2.24, 2.45) is 0 Å². The molecule has 0 spiro atoms. The first kappa shape index (κ1) is 25.2. The van der Waals surface area contributed by atoms with Crippen LogP contribution in [0, 0.1) is 5.82 Å². The first-order valence-electron chi connectivity index (χ1n) is 11.9. The van der Waals surface area contributed by atoms with Crippen molar-refractivity contribution >= 4 is 17.3 Å². The molecule has 0 atom stereocenters. The zero-order valence-electron chi connectivity index (χ0n) is 20.7. The number of benzene rings is 1. The molecule has 1 aliphatic rings. The van der Waals surface area contributed by atoms with Crippen LogP contribution in [0.15, 0.2) is 47.8 Å². The van der Waals surface area contributed by atoms with E-state index < -0.39 is 5.82 Å². The number of aliphatic hydroxyl groups excluding tert-OH is 1. The van der Waals surface area contributed by atoms with Crippen molar-refractivity contribution in [3.05, 3.63) is 64.9 Å². The van der Waals surface area contributed by atoms with E-state index in [1.165, 1.54) is 18.7 Å². The first-order valence-corrected chi connectivity index (χ1v) is 11.9. The van der Waals surface area contributed by atoms with Gasteiger partial charge in [0.2, 0.25) is 0 Å². The summed E-state index contributed by atoms with van der Waals surface area (Å²) in [6, 6.07) is 6.41. The summed E-state index contributed by atoms with van der Waals surface area (Å²) in [5.41, 5.74) is 5.85.